The Morgan fingerprint density at radius 2 is 2.70 bits per heavy atom. The molecule has 0 unspecified atom stereocenters. The average Bonchev–Trinajstić information content (AvgIpc) is 2.34. The number of hydrogen-bond donors (Lipinski definition) is 3. The van der Waals surface area contributed by atoms with E-state index < -0.39 is 6.09 Å². The minimum Gasteiger partial charge on any atom is -0.465 e. The molecule has 0 aliphatic rings. The van der Waals surface area contributed by atoms with Gasteiger partial charge in [-0.25, -0.2) is 4.79 Å². The Kier molecular flexibility index (Phi) is 1.89. The van der Waals surface area contributed by atoms with E-state index in [0.29, 0.717) is 0 Å². The van der Waals surface area contributed by atoms with Crippen molar-refractivity contribution in [1.29, 1.82) is 0 Å². The number of aromatic amines is 1. The Morgan fingerprint density at radius 3 is 3.20 bits per heavy atom. The lowest BCUT2D eigenvalue weighted by Crippen LogP contribution is -2.20. The van der Waals surface area contributed by atoms with Gasteiger partial charge in [0.15, 0.2) is 0 Å². The van der Waals surface area contributed by atoms with Crippen molar-refractivity contribution in [3.8, 4) is 0 Å². The van der Waals surface area contributed by atoms with E-state index in [1.165, 1.54) is 0 Å². The molecule has 1 rings (SSSR count). The van der Waals surface area contributed by atoms with Crippen molar-refractivity contribution in [2.45, 2.75) is 6.54 Å². The number of carboxylic acid groups (broad SMARTS) is 1. The number of H-pyrrole nitrogens is 1. The van der Waals surface area contributed by atoms with Gasteiger partial charge < -0.3 is 10.4 Å². The van der Waals surface area contributed by atoms with Crippen molar-refractivity contribution < 1.29 is 9.90 Å². The van der Waals surface area contributed by atoms with Crippen molar-refractivity contribution in [1.82, 2.24) is 15.5 Å². The third-order valence-electron chi connectivity index (χ3n) is 0.988. The summed E-state index contributed by atoms with van der Waals surface area (Å²) in [5.41, 5.74) is 0.752. The van der Waals surface area contributed by atoms with Crippen LogP contribution in [0.5, 0.6) is 0 Å². The number of nitrogens with one attached hydrogen (secondary N) is 2. The molecule has 0 fully saturated rings. The fourth-order valence-corrected chi connectivity index (χ4v) is 0.554. The van der Waals surface area contributed by atoms with Crippen molar-refractivity contribution in [2.75, 3.05) is 0 Å². The van der Waals surface area contributed by atoms with Crippen molar-refractivity contribution in [2.24, 2.45) is 0 Å². The monoisotopic (exact) mass is 141 g/mol. The second-order valence-electron chi connectivity index (χ2n) is 1.74. The molecule has 0 bridgehead atoms. The number of hydrogen-bond acceptors (Lipinski definition) is 2. The van der Waals surface area contributed by atoms with E-state index in [1.54, 1.807) is 12.3 Å². The summed E-state index contributed by atoms with van der Waals surface area (Å²) in [6, 6.07) is 1.70. The topological polar surface area (TPSA) is 78.0 Å². The van der Waals surface area contributed by atoms with Crippen LogP contribution >= 0.6 is 0 Å². The normalized spacial score (nSPS) is 9.20. The number of nitrogens with zero attached hydrogens (tertiary/aromatic N) is 1. The minimum atomic E-state index is -1.03. The molecule has 54 valence electrons. The van der Waals surface area contributed by atoms with E-state index >= 15 is 0 Å². The molecular weight excluding hydrogens is 134 g/mol. The molecule has 3 N–H and O–H groups in total. The molecule has 0 radical (unpaired) electrons. The summed E-state index contributed by atoms with van der Waals surface area (Å²) in [6.07, 6.45) is 0.536. The van der Waals surface area contributed by atoms with Gasteiger partial charge in [-0.3, -0.25) is 5.10 Å². The maximum atomic E-state index is 9.95. The van der Waals surface area contributed by atoms with Crippen LogP contribution in [0.25, 0.3) is 0 Å². The fraction of sp³-hybridized carbons (Fsp3) is 0.200. The summed E-state index contributed by atoms with van der Waals surface area (Å²) in [4.78, 5) is 9.95. The largest absolute Gasteiger partial charge is 0.465 e. The van der Waals surface area contributed by atoms with Crippen molar-refractivity contribution in [3.05, 3.63) is 18.0 Å². The first-order valence-corrected chi connectivity index (χ1v) is 2.74. The zero-order chi connectivity index (χ0) is 7.40. The molecule has 0 spiro atoms. The molecule has 0 atom stereocenters. The first-order valence-electron chi connectivity index (χ1n) is 2.74. The number of aromatic nitrogens is 2. The van der Waals surface area contributed by atoms with Gasteiger partial charge in [0.05, 0.1) is 12.2 Å². The molecule has 0 saturated heterocycles. The van der Waals surface area contributed by atoms with Crippen LogP contribution < -0.4 is 5.32 Å². The van der Waals surface area contributed by atoms with Gasteiger partial charge in [0.25, 0.3) is 0 Å². The highest BCUT2D eigenvalue weighted by Crippen LogP contribution is 1.88. The van der Waals surface area contributed by atoms with E-state index in [1.807, 2.05) is 0 Å². The van der Waals surface area contributed by atoms with Crippen LogP contribution in [0.3, 0.4) is 0 Å². The Bertz CT molecular complexity index is 207. The lowest BCUT2D eigenvalue weighted by molar-refractivity contribution is 0.194. The van der Waals surface area contributed by atoms with Crippen molar-refractivity contribution in [3.63, 3.8) is 0 Å². The average molecular weight is 141 g/mol. The fourth-order valence-electron chi connectivity index (χ4n) is 0.554. The maximum Gasteiger partial charge on any atom is 0.404 e. The highest BCUT2D eigenvalue weighted by atomic mass is 16.4. The molecule has 5 nitrogen and oxygen atoms in total. The van der Waals surface area contributed by atoms with Crippen LogP contribution in [-0.2, 0) is 6.54 Å². The van der Waals surface area contributed by atoms with Gasteiger partial charge in [0.2, 0.25) is 0 Å². The molecule has 1 amide bonds. The van der Waals surface area contributed by atoms with Crippen LogP contribution in [0.1, 0.15) is 5.69 Å². The van der Waals surface area contributed by atoms with Gasteiger partial charge in [-0.1, -0.05) is 0 Å². The molecule has 0 saturated carbocycles. The number of carbonyl (C=O) groups is 1. The standard InChI is InChI=1S/C5H7N3O2/c9-5(10)6-3-4-1-2-7-8-4/h1-2,6H,3H2,(H,7,8)(H,9,10). The maximum absolute atomic E-state index is 9.95. The third-order valence-corrected chi connectivity index (χ3v) is 0.988. The SMILES string of the molecule is O=C(O)NCc1ccn[nH]1. The molecule has 0 aliphatic heterocycles. The molecule has 5 heteroatoms. The Hall–Kier alpha value is -1.52. The van der Waals surface area contributed by atoms with Crippen LogP contribution in [0.15, 0.2) is 12.3 Å². The zero-order valence-electron chi connectivity index (χ0n) is 5.16. The smallest absolute Gasteiger partial charge is 0.404 e. The summed E-state index contributed by atoms with van der Waals surface area (Å²) < 4.78 is 0. The highest BCUT2D eigenvalue weighted by Gasteiger charge is 1.95. The first-order chi connectivity index (χ1) is 4.79. The second kappa shape index (κ2) is 2.86. The Morgan fingerprint density at radius 1 is 1.90 bits per heavy atom. The lowest BCUT2D eigenvalue weighted by atomic mass is 10.4. The van der Waals surface area contributed by atoms with E-state index in [0.717, 1.165) is 5.69 Å². The van der Waals surface area contributed by atoms with Crippen LogP contribution in [0, 0.1) is 0 Å². The Labute approximate surface area is 57.1 Å². The number of amides is 1. The van der Waals surface area contributed by atoms with Gasteiger partial charge in [0, 0.05) is 6.20 Å². The molecule has 1 aromatic rings. The predicted octanol–water partition coefficient (Wildman–Crippen LogP) is 0.177. The van der Waals surface area contributed by atoms with Gasteiger partial charge >= 0.3 is 6.09 Å². The molecule has 0 aromatic carbocycles. The van der Waals surface area contributed by atoms with Gasteiger partial charge in [0.1, 0.15) is 0 Å². The molecule has 0 aliphatic carbocycles. The third kappa shape index (κ3) is 1.77. The van der Waals surface area contributed by atoms with E-state index in [9.17, 15) is 4.79 Å². The van der Waals surface area contributed by atoms with Gasteiger partial charge in [-0.05, 0) is 6.07 Å². The molecule has 10 heavy (non-hydrogen) atoms. The summed E-state index contributed by atoms with van der Waals surface area (Å²) in [7, 11) is 0. The first kappa shape index (κ1) is 6.60. The van der Waals surface area contributed by atoms with Gasteiger partial charge in [-0.15, -0.1) is 0 Å². The van der Waals surface area contributed by atoms with Crippen LogP contribution in [0.2, 0.25) is 0 Å². The lowest BCUT2D eigenvalue weighted by Gasteiger charge is -1.94. The molecule has 1 heterocycles. The zero-order valence-corrected chi connectivity index (χ0v) is 5.16. The summed E-state index contributed by atoms with van der Waals surface area (Å²) >= 11 is 0. The highest BCUT2D eigenvalue weighted by molar-refractivity contribution is 5.64. The van der Waals surface area contributed by atoms with E-state index in [2.05, 4.69) is 15.5 Å². The second-order valence-corrected chi connectivity index (χ2v) is 1.74. The molecule has 1 aromatic heterocycles. The number of rotatable bonds is 2. The van der Waals surface area contributed by atoms with Crippen LogP contribution in [0.4, 0.5) is 4.79 Å². The van der Waals surface area contributed by atoms with Crippen molar-refractivity contribution >= 4 is 6.09 Å². The summed E-state index contributed by atoms with van der Waals surface area (Å²) in [6.45, 7) is 0.273. The molecular formula is C5H7N3O2. The summed E-state index contributed by atoms with van der Waals surface area (Å²) in [5, 5.41) is 16.6. The Balaban J connectivity index is 2.35. The van der Waals surface area contributed by atoms with Gasteiger partial charge in [-0.2, -0.15) is 5.10 Å². The summed E-state index contributed by atoms with van der Waals surface area (Å²) in [5.74, 6) is 0. The predicted molar refractivity (Wildman–Crippen MR) is 33.5 cm³/mol. The van der Waals surface area contributed by atoms with E-state index in [-0.39, 0.29) is 6.54 Å². The van der Waals surface area contributed by atoms with Crippen LogP contribution in [-0.4, -0.2) is 21.4 Å². The van der Waals surface area contributed by atoms with E-state index in [4.69, 9.17) is 5.11 Å². The quantitative estimate of drug-likeness (QED) is 0.549. The minimum absolute atomic E-state index is 0.273.